The second kappa shape index (κ2) is 5.66. The molecule has 7 nitrogen and oxygen atoms in total. The van der Waals surface area contributed by atoms with Crippen LogP contribution in [0.5, 0.6) is 0 Å². The Hall–Kier alpha value is -2.48. The van der Waals surface area contributed by atoms with E-state index in [1.807, 2.05) is 19.1 Å². The second-order valence-corrected chi connectivity index (χ2v) is 5.45. The quantitative estimate of drug-likeness (QED) is 0.660. The van der Waals surface area contributed by atoms with E-state index in [1.54, 1.807) is 11.3 Å². The third-order valence-corrected chi connectivity index (χ3v) is 3.57. The van der Waals surface area contributed by atoms with Gasteiger partial charge in [0.2, 0.25) is 0 Å². The van der Waals surface area contributed by atoms with Crippen molar-refractivity contribution in [2.45, 2.75) is 13.5 Å². The molecular weight excluding hydrogens is 280 g/mol. The van der Waals surface area contributed by atoms with Gasteiger partial charge in [-0.25, -0.2) is 4.98 Å². The largest absolute Gasteiger partial charge is 0.384 e. The third kappa shape index (κ3) is 3.09. The fourth-order valence-electron chi connectivity index (χ4n) is 1.63. The van der Waals surface area contributed by atoms with E-state index in [4.69, 9.17) is 5.73 Å². The first kappa shape index (κ1) is 13.9. The number of anilines is 1. The van der Waals surface area contributed by atoms with Gasteiger partial charge in [-0.2, -0.15) is 0 Å². The Labute approximate surface area is 118 Å². The van der Waals surface area contributed by atoms with Crippen LogP contribution in [0.2, 0.25) is 0 Å². The molecule has 0 aliphatic heterocycles. The maximum Gasteiger partial charge on any atom is 0.300 e. The molecule has 0 unspecified atom stereocenters. The molecule has 0 aliphatic carbocycles. The van der Waals surface area contributed by atoms with Crippen LogP contribution >= 0.6 is 11.3 Å². The third-order valence-electron chi connectivity index (χ3n) is 2.56. The Morgan fingerprint density at radius 2 is 2.30 bits per heavy atom. The number of rotatable bonds is 4. The molecule has 8 heteroatoms. The van der Waals surface area contributed by atoms with Crippen LogP contribution in [0.25, 0.3) is 0 Å². The Balaban J connectivity index is 2.16. The van der Waals surface area contributed by atoms with E-state index in [1.165, 1.54) is 6.07 Å². The molecule has 0 atom stereocenters. The fourth-order valence-corrected chi connectivity index (χ4v) is 2.46. The van der Waals surface area contributed by atoms with Crippen LogP contribution < -0.4 is 11.1 Å². The summed E-state index contributed by atoms with van der Waals surface area (Å²) in [5.74, 6) is -0.482. The summed E-state index contributed by atoms with van der Waals surface area (Å²) in [6, 6.07) is 5.04. The number of nitrogen functional groups attached to an aromatic ring is 1. The SMILES string of the molecule is Cc1ccc(CNC(=O)c2cc(N)ncc2[N+](=O)[O-])s1. The monoisotopic (exact) mass is 292 g/mol. The number of thiophene rings is 1. The lowest BCUT2D eigenvalue weighted by Crippen LogP contribution is -2.23. The molecule has 2 aromatic heterocycles. The first-order chi connectivity index (χ1) is 9.47. The van der Waals surface area contributed by atoms with E-state index in [0.29, 0.717) is 6.54 Å². The minimum Gasteiger partial charge on any atom is -0.384 e. The first-order valence-corrected chi connectivity index (χ1v) is 6.52. The average Bonchev–Trinajstić information content (AvgIpc) is 2.81. The Kier molecular flexibility index (Phi) is 3.94. The molecule has 0 spiro atoms. The molecule has 0 saturated heterocycles. The number of hydrogen-bond donors (Lipinski definition) is 2. The van der Waals surface area contributed by atoms with Crippen molar-refractivity contribution in [3.8, 4) is 0 Å². The molecule has 104 valence electrons. The van der Waals surface area contributed by atoms with Gasteiger partial charge in [-0.05, 0) is 25.1 Å². The number of hydrogen-bond acceptors (Lipinski definition) is 6. The molecule has 2 aromatic rings. The van der Waals surface area contributed by atoms with Gasteiger partial charge in [-0.1, -0.05) is 0 Å². The summed E-state index contributed by atoms with van der Waals surface area (Å²) in [5, 5.41) is 13.5. The van der Waals surface area contributed by atoms with Gasteiger partial charge in [0.1, 0.15) is 17.6 Å². The minimum atomic E-state index is -0.656. The molecule has 0 aromatic carbocycles. The fraction of sp³-hybridized carbons (Fsp3) is 0.167. The molecule has 0 bridgehead atoms. The van der Waals surface area contributed by atoms with E-state index in [9.17, 15) is 14.9 Å². The van der Waals surface area contributed by atoms with Crippen molar-refractivity contribution < 1.29 is 9.72 Å². The van der Waals surface area contributed by atoms with Gasteiger partial charge in [0, 0.05) is 9.75 Å². The van der Waals surface area contributed by atoms with Crippen LogP contribution in [0.4, 0.5) is 11.5 Å². The first-order valence-electron chi connectivity index (χ1n) is 5.71. The number of amides is 1. The van der Waals surface area contributed by atoms with E-state index >= 15 is 0 Å². The van der Waals surface area contributed by atoms with Crippen molar-refractivity contribution in [1.82, 2.24) is 10.3 Å². The summed E-state index contributed by atoms with van der Waals surface area (Å²) < 4.78 is 0. The minimum absolute atomic E-state index is 0.0627. The smallest absolute Gasteiger partial charge is 0.300 e. The van der Waals surface area contributed by atoms with Gasteiger partial charge in [-0.15, -0.1) is 11.3 Å². The number of carbonyl (C=O) groups is 1. The standard InChI is InChI=1S/C12H12N4O3S/c1-7-2-3-8(20-7)5-15-12(17)9-4-11(13)14-6-10(9)16(18)19/h2-4,6H,5H2,1H3,(H2,13,14)(H,15,17). The number of nitrogens with two attached hydrogens (primary N) is 1. The second-order valence-electron chi connectivity index (χ2n) is 4.08. The highest BCUT2D eigenvalue weighted by Gasteiger charge is 2.21. The predicted octanol–water partition coefficient (Wildman–Crippen LogP) is 1.87. The van der Waals surface area contributed by atoms with Crippen LogP contribution in [-0.2, 0) is 6.54 Å². The molecule has 2 rings (SSSR count). The topological polar surface area (TPSA) is 111 Å². The zero-order valence-electron chi connectivity index (χ0n) is 10.6. The molecule has 0 saturated carbocycles. The van der Waals surface area contributed by atoms with Crippen LogP contribution in [-0.4, -0.2) is 15.8 Å². The number of pyridine rings is 1. The van der Waals surface area contributed by atoms with E-state index < -0.39 is 10.8 Å². The maximum atomic E-state index is 12.0. The zero-order valence-corrected chi connectivity index (χ0v) is 11.4. The highest BCUT2D eigenvalue weighted by atomic mass is 32.1. The molecular formula is C12H12N4O3S. The Morgan fingerprint density at radius 1 is 1.55 bits per heavy atom. The van der Waals surface area contributed by atoms with Crippen molar-refractivity contribution in [2.24, 2.45) is 0 Å². The van der Waals surface area contributed by atoms with Gasteiger partial charge in [0.05, 0.1) is 11.5 Å². The number of carbonyl (C=O) groups excluding carboxylic acids is 1. The lowest BCUT2D eigenvalue weighted by molar-refractivity contribution is -0.385. The highest BCUT2D eigenvalue weighted by molar-refractivity contribution is 7.11. The maximum absolute atomic E-state index is 12.0. The van der Waals surface area contributed by atoms with Gasteiger partial charge in [-0.3, -0.25) is 14.9 Å². The van der Waals surface area contributed by atoms with Crippen LogP contribution in [0, 0.1) is 17.0 Å². The number of nitro groups is 1. The van der Waals surface area contributed by atoms with Gasteiger partial charge >= 0.3 is 0 Å². The molecule has 20 heavy (non-hydrogen) atoms. The van der Waals surface area contributed by atoms with Gasteiger partial charge in [0.15, 0.2) is 0 Å². The van der Waals surface area contributed by atoms with Crippen LogP contribution in [0.3, 0.4) is 0 Å². The average molecular weight is 292 g/mol. The lowest BCUT2D eigenvalue weighted by Gasteiger charge is -2.05. The van der Waals surface area contributed by atoms with E-state index in [2.05, 4.69) is 10.3 Å². The van der Waals surface area contributed by atoms with Crippen molar-refractivity contribution in [3.63, 3.8) is 0 Å². The number of aryl methyl sites for hydroxylation is 1. The number of nitrogens with zero attached hydrogens (tertiary/aromatic N) is 2. The van der Waals surface area contributed by atoms with E-state index in [-0.39, 0.29) is 17.1 Å². The Morgan fingerprint density at radius 3 is 2.90 bits per heavy atom. The Bertz CT molecular complexity index is 668. The molecule has 2 heterocycles. The molecule has 3 N–H and O–H groups in total. The lowest BCUT2D eigenvalue weighted by atomic mass is 10.2. The van der Waals surface area contributed by atoms with Crippen molar-refractivity contribution >= 4 is 28.7 Å². The van der Waals surface area contributed by atoms with Gasteiger partial charge < -0.3 is 11.1 Å². The molecule has 0 fully saturated rings. The summed E-state index contributed by atoms with van der Waals surface area (Å²) >= 11 is 1.55. The van der Waals surface area contributed by atoms with Crippen LogP contribution in [0.15, 0.2) is 24.4 Å². The summed E-state index contributed by atoms with van der Waals surface area (Å²) in [6.07, 6.45) is 0.986. The summed E-state index contributed by atoms with van der Waals surface area (Å²) in [5.41, 5.74) is 5.02. The van der Waals surface area contributed by atoms with Crippen molar-refractivity contribution in [1.29, 1.82) is 0 Å². The molecule has 1 amide bonds. The molecule has 0 radical (unpaired) electrons. The summed E-state index contributed by atoms with van der Waals surface area (Å²) in [4.78, 5) is 27.9. The highest BCUT2D eigenvalue weighted by Crippen LogP contribution is 2.19. The summed E-state index contributed by atoms with van der Waals surface area (Å²) in [6.45, 7) is 2.28. The normalized spacial score (nSPS) is 10.2. The molecule has 0 aliphatic rings. The van der Waals surface area contributed by atoms with Crippen molar-refractivity contribution in [3.05, 3.63) is 49.8 Å². The summed E-state index contributed by atoms with van der Waals surface area (Å²) in [7, 11) is 0. The predicted molar refractivity (Wildman–Crippen MR) is 75.5 cm³/mol. The van der Waals surface area contributed by atoms with Crippen LogP contribution in [0.1, 0.15) is 20.1 Å². The number of aromatic nitrogens is 1. The van der Waals surface area contributed by atoms with Crippen molar-refractivity contribution in [2.75, 3.05) is 5.73 Å². The number of nitrogens with one attached hydrogen (secondary N) is 1. The van der Waals surface area contributed by atoms with Gasteiger partial charge in [0.25, 0.3) is 11.6 Å². The van der Waals surface area contributed by atoms with E-state index in [0.717, 1.165) is 16.0 Å². The zero-order chi connectivity index (χ0) is 14.7.